The molecule has 39 heavy (non-hydrogen) atoms. The molecular formula is C29H24Cl2N2O6. The van der Waals surface area contributed by atoms with E-state index in [2.05, 4.69) is 10.1 Å². The molecule has 0 aliphatic heterocycles. The van der Waals surface area contributed by atoms with Crippen LogP contribution in [-0.4, -0.2) is 36.0 Å². The van der Waals surface area contributed by atoms with Crippen LogP contribution in [0.1, 0.15) is 24.2 Å². The number of anilines is 2. The second kappa shape index (κ2) is 12.1. The van der Waals surface area contributed by atoms with Crippen LogP contribution in [0.2, 0.25) is 10.0 Å². The summed E-state index contributed by atoms with van der Waals surface area (Å²) in [5.41, 5.74) is 0.886. The van der Waals surface area contributed by atoms with Gasteiger partial charge in [0.2, 0.25) is 0 Å². The number of phenols is 1. The number of hydrogen-bond acceptors (Lipinski definition) is 6. The molecule has 0 saturated carbocycles. The Morgan fingerprint density at radius 1 is 0.923 bits per heavy atom. The molecule has 10 heteroatoms. The van der Waals surface area contributed by atoms with Crippen molar-refractivity contribution in [1.82, 2.24) is 0 Å². The first-order valence-corrected chi connectivity index (χ1v) is 12.8. The van der Waals surface area contributed by atoms with Crippen molar-refractivity contribution in [2.24, 2.45) is 0 Å². The van der Waals surface area contributed by atoms with Gasteiger partial charge in [0.15, 0.2) is 5.75 Å². The Morgan fingerprint density at radius 2 is 1.62 bits per heavy atom. The first-order valence-electron chi connectivity index (χ1n) is 12.0. The molecule has 200 valence electrons. The molecule has 4 rings (SSSR count). The van der Waals surface area contributed by atoms with Crippen LogP contribution in [0.5, 0.6) is 17.2 Å². The molecule has 2 amide bonds. The predicted octanol–water partition coefficient (Wildman–Crippen LogP) is 6.81. The summed E-state index contributed by atoms with van der Waals surface area (Å²) in [4.78, 5) is 38.7. The number of amides is 2. The molecule has 0 heterocycles. The van der Waals surface area contributed by atoms with E-state index in [1.54, 1.807) is 11.8 Å². The number of ether oxygens (including phenoxy) is 2. The van der Waals surface area contributed by atoms with Crippen molar-refractivity contribution < 1.29 is 29.0 Å². The maximum atomic E-state index is 13.6. The predicted molar refractivity (Wildman–Crippen MR) is 151 cm³/mol. The minimum Gasteiger partial charge on any atom is -0.507 e. The van der Waals surface area contributed by atoms with Crippen LogP contribution in [0.25, 0.3) is 10.8 Å². The quantitative estimate of drug-likeness (QED) is 0.188. The van der Waals surface area contributed by atoms with Gasteiger partial charge in [0.05, 0.1) is 27.9 Å². The maximum absolute atomic E-state index is 13.6. The van der Waals surface area contributed by atoms with Gasteiger partial charge in [-0.15, -0.1) is 0 Å². The number of carbonyl (C=O) groups is 3. The summed E-state index contributed by atoms with van der Waals surface area (Å²) in [6.07, 6.45) is 0. The molecule has 0 fully saturated rings. The van der Waals surface area contributed by atoms with Crippen LogP contribution < -0.4 is 15.0 Å². The molecular weight excluding hydrogens is 543 g/mol. The molecule has 4 aromatic rings. The van der Waals surface area contributed by atoms with Crippen molar-refractivity contribution in [1.29, 1.82) is 0 Å². The van der Waals surface area contributed by atoms with E-state index in [0.29, 0.717) is 12.2 Å². The van der Waals surface area contributed by atoms with E-state index in [-0.39, 0.29) is 45.2 Å². The van der Waals surface area contributed by atoms with E-state index in [1.165, 1.54) is 30.3 Å². The fourth-order valence-electron chi connectivity index (χ4n) is 3.99. The van der Waals surface area contributed by atoms with E-state index in [1.807, 2.05) is 49.4 Å². The Labute approximate surface area is 234 Å². The van der Waals surface area contributed by atoms with Crippen molar-refractivity contribution in [3.8, 4) is 17.2 Å². The van der Waals surface area contributed by atoms with Crippen molar-refractivity contribution in [2.75, 3.05) is 23.4 Å². The van der Waals surface area contributed by atoms with E-state index in [4.69, 9.17) is 27.9 Å². The van der Waals surface area contributed by atoms with E-state index in [0.717, 1.165) is 10.8 Å². The fraction of sp³-hybridized carbons (Fsp3) is 0.138. The van der Waals surface area contributed by atoms with Crippen molar-refractivity contribution >= 4 is 63.1 Å². The molecule has 8 nitrogen and oxygen atoms in total. The highest BCUT2D eigenvalue weighted by Gasteiger charge is 2.23. The Hall–Kier alpha value is -4.27. The number of nitrogens with one attached hydrogen (secondary N) is 1. The smallest absolute Gasteiger partial charge is 0.397 e. The van der Waals surface area contributed by atoms with Gasteiger partial charge in [0.1, 0.15) is 11.5 Å². The third kappa shape index (κ3) is 6.08. The summed E-state index contributed by atoms with van der Waals surface area (Å²) in [6, 6.07) is 20.3. The molecule has 4 aromatic carbocycles. The molecule has 0 spiro atoms. The van der Waals surface area contributed by atoms with Crippen LogP contribution in [0.3, 0.4) is 0 Å². The van der Waals surface area contributed by atoms with E-state index in [9.17, 15) is 19.5 Å². The van der Waals surface area contributed by atoms with Gasteiger partial charge in [-0.1, -0.05) is 59.6 Å². The van der Waals surface area contributed by atoms with Gasteiger partial charge in [0, 0.05) is 17.6 Å². The standard InChI is InChI=1S/C29H24Cl2N2O6/c1-3-33(24-11-7-9-17-8-5-6-10-20(17)24)28(36)21-16-19(12-13-25(21)34)39-26-22(30)14-18(15-23(26)31)32-27(35)29(37)38-4-2/h5-16,34H,3-4H2,1-2H3,(H,32,35). The first kappa shape index (κ1) is 27.8. The zero-order chi connectivity index (χ0) is 28.1. The Bertz CT molecular complexity index is 1540. The molecule has 0 atom stereocenters. The van der Waals surface area contributed by atoms with Gasteiger partial charge in [-0.3, -0.25) is 9.59 Å². The lowest BCUT2D eigenvalue weighted by atomic mass is 10.1. The number of fused-ring (bicyclic) bond motifs is 1. The molecule has 0 aromatic heterocycles. The summed E-state index contributed by atoms with van der Waals surface area (Å²) in [5, 5.41) is 14.9. The molecule has 2 N–H and O–H groups in total. The average Bonchev–Trinajstić information content (AvgIpc) is 2.92. The molecule has 0 saturated heterocycles. The van der Waals surface area contributed by atoms with E-state index >= 15 is 0 Å². The number of halogens is 2. The minimum atomic E-state index is -1.05. The highest BCUT2D eigenvalue weighted by Crippen LogP contribution is 2.40. The summed E-state index contributed by atoms with van der Waals surface area (Å²) in [6.45, 7) is 3.83. The third-order valence-corrected chi connectivity index (χ3v) is 6.32. The second-order valence-electron chi connectivity index (χ2n) is 8.27. The summed E-state index contributed by atoms with van der Waals surface area (Å²) >= 11 is 12.7. The number of benzene rings is 4. The normalized spacial score (nSPS) is 10.7. The fourth-order valence-corrected chi connectivity index (χ4v) is 4.55. The highest BCUT2D eigenvalue weighted by molar-refractivity contribution is 6.39. The summed E-state index contributed by atoms with van der Waals surface area (Å²) in [5.74, 6) is -2.43. The Balaban J connectivity index is 1.61. The van der Waals surface area contributed by atoms with Crippen LogP contribution in [-0.2, 0) is 14.3 Å². The third-order valence-electron chi connectivity index (χ3n) is 5.75. The number of aromatic hydroxyl groups is 1. The number of carbonyl (C=O) groups excluding carboxylic acids is 3. The summed E-state index contributed by atoms with van der Waals surface area (Å²) in [7, 11) is 0. The Kier molecular flexibility index (Phi) is 8.59. The van der Waals surface area contributed by atoms with Crippen LogP contribution in [0.4, 0.5) is 11.4 Å². The maximum Gasteiger partial charge on any atom is 0.397 e. The minimum absolute atomic E-state index is 0.0212. The molecule has 0 unspecified atom stereocenters. The lowest BCUT2D eigenvalue weighted by Gasteiger charge is -2.23. The summed E-state index contributed by atoms with van der Waals surface area (Å²) < 4.78 is 10.5. The van der Waals surface area contributed by atoms with Crippen LogP contribution >= 0.6 is 23.2 Å². The number of phenolic OH excluding ortho intramolecular Hbond substituents is 1. The first-order chi connectivity index (χ1) is 18.7. The zero-order valence-corrected chi connectivity index (χ0v) is 22.5. The van der Waals surface area contributed by atoms with Gasteiger partial charge in [-0.2, -0.15) is 0 Å². The average molecular weight is 567 g/mol. The molecule has 0 aliphatic rings. The SMILES string of the molecule is CCOC(=O)C(=O)Nc1cc(Cl)c(Oc2ccc(O)c(C(=O)N(CC)c3cccc4ccccc34)c2)c(Cl)c1. The van der Waals surface area contributed by atoms with Gasteiger partial charge < -0.3 is 24.8 Å². The monoisotopic (exact) mass is 566 g/mol. The van der Waals surface area contributed by atoms with Gasteiger partial charge in [-0.25, -0.2) is 4.79 Å². The van der Waals surface area contributed by atoms with Crippen molar-refractivity contribution in [3.63, 3.8) is 0 Å². The zero-order valence-electron chi connectivity index (χ0n) is 21.0. The van der Waals surface area contributed by atoms with Crippen molar-refractivity contribution in [2.45, 2.75) is 13.8 Å². The molecule has 0 radical (unpaired) electrons. The van der Waals surface area contributed by atoms with Crippen molar-refractivity contribution in [3.05, 3.63) is 88.4 Å². The number of esters is 1. The molecule has 0 bridgehead atoms. The topological polar surface area (TPSA) is 105 Å². The number of nitrogens with zero attached hydrogens (tertiary/aromatic N) is 1. The number of rotatable bonds is 7. The lowest BCUT2D eigenvalue weighted by Crippen LogP contribution is -2.30. The van der Waals surface area contributed by atoms with E-state index < -0.39 is 17.8 Å². The van der Waals surface area contributed by atoms with Gasteiger partial charge >= 0.3 is 11.9 Å². The van der Waals surface area contributed by atoms with Gasteiger partial charge in [0.25, 0.3) is 5.91 Å². The lowest BCUT2D eigenvalue weighted by molar-refractivity contribution is -0.152. The second-order valence-corrected chi connectivity index (χ2v) is 9.09. The molecule has 0 aliphatic carbocycles. The highest BCUT2D eigenvalue weighted by atomic mass is 35.5. The van der Waals surface area contributed by atoms with Gasteiger partial charge in [-0.05, 0) is 55.6 Å². The van der Waals surface area contributed by atoms with Crippen LogP contribution in [0, 0.1) is 0 Å². The Morgan fingerprint density at radius 3 is 2.31 bits per heavy atom. The van der Waals surface area contributed by atoms with Crippen LogP contribution in [0.15, 0.2) is 72.8 Å². The largest absolute Gasteiger partial charge is 0.507 e. The number of hydrogen-bond donors (Lipinski definition) is 2.